The lowest BCUT2D eigenvalue weighted by atomic mass is 9.82. The van der Waals surface area contributed by atoms with E-state index in [-0.39, 0.29) is 11.7 Å². The van der Waals surface area contributed by atoms with Crippen molar-refractivity contribution in [3.05, 3.63) is 0 Å². The van der Waals surface area contributed by atoms with Crippen LogP contribution in [0.4, 0.5) is 0 Å². The van der Waals surface area contributed by atoms with Gasteiger partial charge in [-0.2, -0.15) is 0 Å². The van der Waals surface area contributed by atoms with Gasteiger partial charge in [0.15, 0.2) is 5.78 Å². The maximum Gasteiger partial charge on any atom is 0.161 e. The number of carbonyl (C=O) groups is 1. The Hall–Kier alpha value is -0.370. The number of Topliss-reactive ketones (excluding diaryl/α,β-unsaturated/α-hetero) is 1. The normalized spacial score (nSPS) is 33.3. The van der Waals surface area contributed by atoms with Crippen LogP contribution < -0.4 is 0 Å². The second-order valence-corrected chi connectivity index (χ2v) is 6.13. The zero-order valence-electron chi connectivity index (χ0n) is 11.2. The summed E-state index contributed by atoms with van der Waals surface area (Å²) in [6, 6.07) is 0. The standard InChI is InChI=1S/C15H26O2/c1-3-11(4-2)15(17)14(16)9-13-8-10-5-6-12(13)7-10/h10-13,15,17H,3-9H2,1-2H3. The van der Waals surface area contributed by atoms with E-state index in [0.717, 1.165) is 24.7 Å². The van der Waals surface area contributed by atoms with Crippen LogP contribution in [0.1, 0.15) is 58.8 Å². The van der Waals surface area contributed by atoms with Crippen molar-refractivity contribution in [2.24, 2.45) is 23.7 Å². The molecule has 2 heteroatoms. The molecule has 1 N–H and O–H groups in total. The third-order valence-electron chi connectivity index (χ3n) is 5.17. The summed E-state index contributed by atoms with van der Waals surface area (Å²) in [5.41, 5.74) is 0. The van der Waals surface area contributed by atoms with Crippen LogP contribution in [0, 0.1) is 23.7 Å². The Kier molecular flexibility index (Phi) is 4.24. The van der Waals surface area contributed by atoms with Gasteiger partial charge in [-0.05, 0) is 42.9 Å². The average Bonchev–Trinajstić information content (AvgIpc) is 2.92. The second kappa shape index (κ2) is 5.51. The largest absolute Gasteiger partial charge is 0.385 e. The molecule has 0 aromatic heterocycles. The van der Waals surface area contributed by atoms with Crippen LogP contribution in [-0.4, -0.2) is 17.0 Å². The molecule has 0 aliphatic heterocycles. The Labute approximate surface area is 105 Å². The number of carbonyl (C=O) groups excluding carboxylic acids is 1. The number of aliphatic hydroxyl groups excluding tert-OH is 1. The number of hydrogen-bond donors (Lipinski definition) is 1. The van der Waals surface area contributed by atoms with Crippen LogP contribution in [0.15, 0.2) is 0 Å². The summed E-state index contributed by atoms with van der Waals surface area (Å²) in [6.45, 7) is 4.12. The zero-order chi connectivity index (χ0) is 12.4. The fourth-order valence-corrected chi connectivity index (χ4v) is 4.00. The monoisotopic (exact) mass is 238 g/mol. The van der Waals surface area contributed by atoms with Gasteiger partial charge in [0.1, 0.15) is 6.10 Å². The van der Waals surface area contributed by atoms with Crippen molar-refractivity contribution in [1.29, 1.82) is 0 Å². The van der Waals surface area contributed by atoms with Gasteiger partial charge in [-0.25, -0.2) is 0 Å². The van der Waals surface area contributed by atoms with Crippen molar-refractivity contribution in [3.63, 3.8) is 0 Å². The van der Waals surface area contributed by atoms with Crippen LogP contribution in [-0.2, 0) is 4.79 Å². The number of ketones is 1. The fourth-order valence-electron chi connectivity index (χ4n) is 4.00. The third-order valence-corrected chi connectivity index (χ3v) is 5.17. The molecule has 4 unspecified atom stereocenters. The molecule has 0 radical (unpaired) electrons. The molecular formula is C15H26O2. The molecule has 0 saturated heterocycles. The predicted molar refractivity (Wildman–Crippen MR) is 68.6 cm³/mol. The van der Waals surface area contributed by atoms with Gasteiger partial charge in [-0.15, -0.1) is 0 Å². The lowest BCUT2D eigenvalue weighted by Gasteiger charge is -2.24. The lowest BCUT2D eigenvalue weighted by Crippen LogP contribution is -2.31. The quantitative estimate of drug-likeness (QED) is 0.771. The van der Waals surface area contributed by atoms with Crippen molar-refractivity contribution in [2.75, 3.05) is 0 Å². The smallest absolute Gasteiger partial charge is 0.161 e. The molecule has 98 valence electrons. The first-order chi connectivity index (χ1) is 8.15. The molecule has 0 aromatic rings. The molecule has 2 rings (SSSR count). The van der Waals surface area contributed by atoms with E-state index < -0.39 is 6.10 Å². The van der Waals surface area contributed by atoms with E-state index in [1.54, 1.807) is 0 Å². The maximum atomic E-state index is 12.1. The van der Waals surface area contributed by atoms with Crippen LogP contribution in [0.25, 0.3) is 0 Å². The van der Waals surface area contributed by atoms with Gasteiger partial charge in [0.2, 0.25) is 0 Å². The highest BCUT2D eigenvalue weighted by Crippen LogP contribution is 2.49. The maximum absolute atomic E-state index is 12.1. The van der Waals surface area contributed by atoms with Crippen LogP contribution in [0.5, 0.6) is 0 Å². The highest BCUT2D eigenvalue weighted by Gasteiger charge is 2.41. The summed E-state index contributed by atoms with van der Waals surface area (Å²) >= 11 is 0. The summed E-state index contributed by atoms with van der Waals surface area (Å²) in [5, 5.41) is 10.1. The molecule has 4 atom stereocenters. The number of aliphatic hydroxyl groups is 1. The van der Waals surface area contributed by atoms with Crippen molar-refractivity contribution in [2.45, 2.75) is 64.9 Å². The van der Waals surface area contributed by atoms with E-state index >= 15 is 0 Å². The minimum Gasteiger partial charge on any atom is -0.385 e. The molecule has 0 aromatic carbocycles. The zero-order valence-corrected chi connectivity index (χ0v) is 11.2. The van der Waals surface area contributed by atoms with Crippen LogP contribution in [0.2, 0.25) is 0 Å². The van der Waals surface area contributed by atoms with Crippen molar-refractivity contribution < 1.29 is 9.90 Å². The van der Waals surface area contributed by atoms with Gasteiger partial charge < -0.3 is 5.11 Å². The summed E-state index contributed by atoms with van der Waals surface area (Å²) in [4.78, 5) is 12.1. The van der Waals surface area contributed by atoms with E-state index in [2.05, 4.69) is 13.8 Å². The topological polar surface area (TPSA) is 37.3 Å². The first-order valence-electron chi connectivity index (χ1n) is 7.36. The van der Waals surface area contributed by atoms with E-state index in [1.807, 2.05) is 0 Å². The molecule has 2 nitrogen and oxygen atoms in total. The summed E-state index contributed by atoms with van der Waals surface area (Å²) in [5.74, 6) is 2.54. The number of rotatable bonds is 6. The molecule has 2 bridgehead atoms. The van der Waals surface area contributed by atoms with Gasteiger partial charge >= 0.3 is 0 Å². The van der Waals surface area contributed by atoms with Crippen molar-refractivity contribution in [1.82, 2.24) is 0 Å². The van der Waals surface area contributed by atoms with E-state index in [1.165, 1.54) is 25.7 Å². The molecule has 2 fully saturated rings. The van der Waals surface area contributed by atoms with Gasteiger partial charge in [0, 0.05) is 6.42 Å². The Morgan fingerprint density at radius 1 is 1.24 bits per heavy atom. The van der Waals surface area contributed by atoms with Crippen LogP contribution in [0.3, 0.4) is 0 Å². The number of hydrogen-bond acceptors (Lipinski definition) is 2. The summed E-state index contributed by atoms with van der Waals surface area (Å²) in [6.07, 6.45) is 7.03. The van der Waals surface area contributed by atoms with E-state index in [9.17, 15) is 9.90 Å². The van der Waals surface area contributed by atoms with Crippen molar-refractivity contribution in [3.8, 4) is 0 Å². The molecule has 0 spiro atoms. The first-order valence-corrected chi connectivity index (χ1v) is 7.36. The summed E-state index contributed by atoms with van der Waals surface area (Å²) < 4.78 is 0. The highest BCUT2D eigenvalue weighted by molar-refractivity contribution is 5.83. The molecule has 2 aliphatic carbocycles. The van der Waals surface area contributed by atoms with E-state index in [0.29, 0.717) is 12.3 Å². The molecule has 2 saturated carbocycles. The van der Waals surface area contributed by atoms with E-state index in [4.69, 9.17) is 0 Å². The predicted octanol–water partition coefficient (Wildman–Crippen LogP) is 3.18. The fraction of sp³-hybridized carbons (Fsp3) is 0.933. The third kappa shape index (κ3) is 2.73. The Morgan fingerprint density at radius 3 is 2.41 bits per heavy atom. The Bertz CT molecular complexity index is 270. The Morgan fingerprint density at radius 2 is 1.94 bits per heavy atom. The second-order valence-electron chi connectivity index (χ2n) is 6.13. The van der Waals surface area contributed by atoms with Gasteiger partial charge in [0.25, 0.3) is 0 Å². The van der Waals surface area contributed by atoms with Gasteiger partial charge in [0.05, 0.1) is 0 Å². The Balaban J connectivity index is 1.84. The molecule has 0 amide bonds. The minimum atomic E-state index is -0.705. The van der Waals surface area contributed by atoms with Crippen molar-refractivity contribution >= 4 is 5.78 Å². The lowest BCUT2D eigenvalue weighted by molar-refractivity contribution is -0.131. The molecule has 2 aliphatic rings. The van der Waals surface area contributed by atoms with Gasteiger partial charge in [-0.1, -0.05) is 33.1 Å². The number of fused-ring (bicyclic) bond motifs is 2. The molecular weight excluding hydrogens is 212 g/mol. The minimum absolute atomic E-state index is 0.108. The average molecular weight is 238 g/mol. The summed E-state index contributed by atoms with van der Waals surface area (Å²) in [7, 11) is 0. The first kappa shape index (κ1) is 13.1. The SMILES string of the molecule is CCC(CC)C(O)C(=O)CC1CC2CCC1C2. The molecule has 17 heavy (non-hydrogen) atoms. The van der Waals surface area contributed by atoms with Gasteiger partial charge in [-0.3, -0.25) is 4.79 Å². The van der Waals surface area contributed by atoms with Crippen LogP contribution >= 0.6 is 0 Å². The molecule has 0 heterocycles. The highest BCUT2D eigenvalue weighted by atomic mass is 16.3.